The third-order valence-corrected chi connectivity index (χ3v) is 15.3. The van der Waals surface area contributed by atoms with Crippen LogP contribution in [0.1, 0.15) is 157 Å². The highest BCUT2D eigenvalue weighted by molar-refractivity contribution is 6.31. The second-order valence-corrected chi connectivity index (χ2v) is 20.4. The molecule has 4 heterocycles. The first-order valence-corrected chi connectivity index (χ1v) is 27.0. The largest absolute Gasteiger partial charge is 0.465 e. The lowest BCUT2D eigenvalue weighted by Crippen LogP contribution is -2.53. The van der Waals surface area contributed by atoms with Crippen molar-refractivity contribution in [2.24, 2.45) is 0 Å². The number of methoxy groups -OCH3 is 1. The molecule has 0 radical (unpaired) electrons. The van der Waals surface area contributed by atoms with Gasteiger partial charge in [0.15, 0.2) is 0 Å². The summed E-state index contributed by atoms with van der Waals surface area (Å²) in [4.78, 5) is 59.7. The molecule has 2 aliphatic rings. The van der Waals surface area contributed by atoms with Crippen LogP contribution < -0.4 is 10.6 Å². The Morgan fingerprint density at radius 1 is 0.699 bits per heavy atom. The average molecular weight is 1010 g/mol. The van der Waals surface area contributed by atoms with Gasteiger partial charge in [-0.25, -0.2) is 19.6 Å². The van der Waals surface area contributed by atoms with Crippen LogP contribution in [0.25, 0.3) is 33.6 Å². The zero-order chi connectivity index (χ0) is 51.0. The van der Waals surface area contributed by atoms with Crippen molar-refractivity contribution in [3.05, 3.63) is 143 Å². The molecule has 4 aromatic carbocycles. The Balaban J connectivity index is 0.900. The minimum absolute atomic E-state index is 0.0356. The lowest BCUT2D eigenvalue weighted by Gasteiger charge is -2.40. The van der Waals surface area contributed by atoms with Crippen LogP contribution in [0.3, 0.4) is 0 Å². The molecule has 73 heavy (non-hydrogen) atoms. The lowest BCUT2D eigenvalue weighted by atomic mass is 9.83. The van der Waals surface area contributed by atoms with Gasteiger partial charge in [-0.1, -0.05) is 193 Å². The van der Waals surface area contributed by atoms with E-state index in [1.807, 2.05) is 36.5 Å². The molecule has 0 saturated carbocycles. The Hall–Kier alpha value is -6.44. The second kappa shape index (κ2) is 26.0. The summed E-state index contributed by atoms with van der Waals surface area (Å²) < 4.78 is 5.26. The van der Waals surface area contributed by atoms with Gasteiger partial charge in [0.1, 0.15) is 17.7 Å². The molecule has 14 heteroatoms. The summed E-state index contributed by atoms with van der Waals surface area (Å²) >= 11 is 6.99. The first-order valence-electron chi connectivity index (χ1n) is 26.7. The number of carbonyl (C=O) groups excluding carboxylic acids is 2. The number of carbonyl (C=O) groups is 3. The molecule has 3 amide bonds. The number of rotatable bonds is 25. The van der Waals surface area contributed by atoms with Crippen LogP contribution in [0.5, 0.6) is 0 Å². The molecule has 2 fully saturated rings. The van der Waals surface area contributed by atoms with Crippen molar-refractivity contribution in [1.29, 1.82) is 0 Å². The highest BCUT2D eigenvalue weighted by atomic mass is 35.5. The monoisotopic (exact) mass is 1010 g/mol. The quantitative estimate of drug-likeness (QED) is 0.0353. The van der Waals surface area contributed by atoms with Crippen molar-refractivity contribution < 1.29 is 24.2 Å². The van der Waals surface area contributed by atoms with E-state index in [0.717, 1.165) is 96.5 Å². The maximum Gasteiger partial charge on any atom is 0.407 e. The number of halogens is 1. The SMILES string of the molecule is CCCCCCCCCCCCCC[C@@](CN1CCC[C@H]1c1ncc(-c2ccc(-c3ccc(-c4cnc([C@@H]5CCCN5C(=O)[C@H](NC(=O)O)c5ccccc5)[nH]4)cc3)cc2)[nH]1)(NC(=O)OC)c1ccccc1Cl. The van der Waals surface area contributed by atoms with E-state index in [-0.39, 0.29) is 18.0 Å². The van der Waals surface area contributed by atoms with Gasteiger partial charge in [0.25, 0.3) is 5.91 Å². The Labute approximate surface area is 435 Å². The minimum Gasteiger partial charge on any atom is -0.465 e. The van der Waals surface area contributed by atoms with Crippen molar-refractivity contribution in [2.45, 2.75) is 140 Å². The van der Waals surface area contributed by atoms with Crippen LogP contribution in [0.2, 0.25) is 5.02 Å². The molecule has 0 aliphatic carbocycles. The second-order valence-electron chi connectivity index (χ2n) is 19.9. The zero-order valence-electron chi connectivity index (χ0n) is 42.6. The molecule has 8 rings (SSSR count). The van der Waals surface area contributed by atoms with E-state index in [0.29, 0.717) is 29.5 Å². The van der Waals surface area contributed by atoms with Gasteiger partial charge in [0.2, 0.25) is 0 Å². The number of benzene rings is 4. The van der Waals surface area contributed by atoms with E-state index in [1.54, 1.807) is 35.4 Å². The predicted molar refractivity (Wildman–Crippen MR) is 289 cm³/mol. The van der Waals surface area contributed by atoms with Crippen LogP contribution in [-0.4, -0.2) is 79.7 Å². The predicted octanol–water partition coefficient (Wildman–Crippen LogP) is 13.9. The summed E-state index contributed by atoms with van der Waals surface area (Å²) in [5.41, 5.74) is 6.67. The van der Waals surface area contributed by atoms with Crippen LogP contribution in [0.4, 0.5) is 9.59 Å². The Bertz CT molecular complexity index is 2690. The fourth-order valence-corrected chi connectivity index (χ4v) is 11.3. The van der Waals surface area contributed by atoms with E-state index in [2.05, 4.69) is 81.0 Å². The summed E-state index contributed by atoms with van der Waals surface area (Å²) in [5.74, 6) is 1.29. The van der Waals surface area contributed by atoms with Gasteiger partial charge < -0.3 is 35.3 Å². The molecule has 0 bridgehead atoms. The minimum atomic E-state index is -1.25. The van der Waals surface area contributed by atoms with Crippen molar-refractivity contribution in [3.63, 3.8) is 0 Å². The molecule has 5 N–H and O–H groups in total. The number of nitrogens with one attached hydrogen (secondary N) is 4. The van der Waals surface area contributed by atoms with Gasteiger partial charge >= 0.3 is 12.2 Å². The highest BCUT2D eigenvalue weighted by Gasteiger charge is 2.42. The number of aromatic amines is 2. The first kappa shape index (κ1) is 52.9. The van der Waals surface area contributed by atoms with Gasteiger partial charge in [-0.3, -0.25) is 9.69 Å². The standard InChI is InChI=1S/C59H73ClN8O5/c1-3-4-5-6-7-8-9-10-11-12-13-19-36-59(66-58(72)73-2,47-24-17-18-25-48(47)60)41-67-37-20-26-51(67)54-61-39-49(63-54)44-32-28-42(29-33-44)43-30-34-45(35-31-43)50-40-62-55(64-50)52-27-21-38-68(52)56(69)53(65-57(70)71)46-22-15-14-16-23-46/h14-18,22-25,28-35,39-40,51-53,65H,3-13,19-21,26-27,36-38,41H2,1-2H3,(H,61,63)(H,62,64)(H,66,72)(H,70,71)/t51-,52-,53+,59-/m0/s1. The number of hydrogen-bond acceptors (Lipinski definition) is 7. The van der Waals surface area contributed by atoms with Crippen LogP contribution >= 0.6 is 11.6 Å². The number of amides is 3. The first-order chi connectivity index (χ1) is 35.7. The molecule has 0 spiro atoms. The summed E-state index contributed by atoms with van der Waals surface area (Å²) in [7, 11) is 1.42. The summed E-state index contributed by atoms with van der Waals surface area (Å²) in [5, 5.41) is 15.9. The van der Waals surface area contributed by atoms with E-state index >= 15 is 0 Å². The molecule has 2 aliphatic heterocycles. The lowest BCUT2D eigenvalue weighted by molar-refractivity contribution is -0.134. The van der Waals surface area contributed by atoms with Crippen LogP contribution in [0, 0.1) is 0 Å². The highest BCUT2D eigenvalue weighted by Crippen LogP contribution is 2.40. The number of carboxylic acid groups (broad SMARTS) is 1. The normalized spacial score (nSPS) is 17.1. The van der Waals surface area contributed by atoms with E-state index in [9.17, 15) is 19.5 Å². The van der Waals surface area contributed by atoms with E-state index < -0.39 is 23.8 Å². The van der Waals surface area contributed by atoms with Crippen molar-refractivity contribution in [3.8, 4) is 33.6 Å². The Morgan fingerprint density at radius 2 is 1.22 bits per heavy atom. The molecule has 13 nitrogen and oxygen atoms in total. The Morgan fingerprint density at radius 3 is 1.79 bits per heavy atom. The number of H-pyrrole nitrogens is 2. The number of imidazole rings is 2. The number of ether oxygens (including phenoxy) is 1. The maximum atomic E-state index is 13.8. The number of aromatic nitrogens is 4. The topological polar surface area (TPSA) is 169 Å². The van der Waals surface area contributed by atoms with Gasteiger partial charge in [-0.2, -0.15) is 0 Å². The number of alkyl carbamates (subject to hydrolysis) is 1. The average Bonchev–Trinajstić information content (AvgIpc) is 4.27. The van der Waals surface area contributed by atoms with Gasteiger partial charge in [0, 0.05) is 18.1 Å². The number of hydrogen-bond donors (Lipinski definition) is 5. The molecular formula is C59H73ClN8O5. The fraction of sp³-hybridized carbons (Fsp3) is 0.441. The van der Waals surface area contributed by atoms with Crippen molar-refractivity contribution >= 4 is 29.7 Å². The zero-order valence-corrected chi connectivity index (χ0v) is 43.3. The maximum absolute atomic E-state index is 13.8. The summed E-state index contributed by atoms with van der Waals surface area (Å²) in [6, 6.07) is 32.4. The van der Waals surface area contributed by atoms with Crippen LogP contribution in [0.15, 0.2) is 116 Å². The molecule has 0 unspecified atom stereocenters. The fourth-order valence-electron chi connectivity index (χ4n) is 11.0. The number of unbranched alkanes of at least 4 members (excludes halogenated alkanes) is 11. The van der Waals surface area contributed by atoms with Gasteiger partial charge in [-0.05, 0) is 78.1 Å². The smallest absolute Gasteiger partial charge is 0.407 e. The molecule has 6 aromatic rings. The van der Waals surface area contributed by atoms with Crippen molar-refractivity contribution in [2.75, 3.05) is 26.7 Å². The van der Waals surface area contributed by atoms with E-state index in [4.69, 9.17) is 26.3 Å². The third kappa shape index (κ3) is 13.6. The number of likely N-dealkylation sites (tertiary alicyclic amines) is 2. The molecule has 386 valence electrons. The van der Waals surface area contributed by atoms with E-state index in [1.165, 1.54) is 71.3 Å². The Kier molecular flexibility index (Phi) is 18.8. The molecule has 2 aromatic heterocycles. The summed E-state index contributed by atoms with van der Waals surface area (Å²) in [6.45, 7) is 4.22. The van der Waals surface area contributed by atoms with Crippen LogP contribution in [-0.2, 0) is 15.1 Å². The molecule has 2 saturated heterocycles. The number of nitrogens with zero attached hydrogens (tertiary/aromatic N) is 4. The molecule has 4 atom stereocenters. The summed E-state index contributed by atoms with van der Waals surface area (Å²) in [6.07, 6.45) is 21.3. The van der Waals surface area contributed by atoms with Gasteiger partial charge in [0.05, 0.1) is 48.5 Å². The van der Waals surface area contributed by atoms with Gasteiger partial charge in [-0.15, -0.1) is 0 Å². The van der Waals surface area contributed by atoms with Crippen molar-refractivity contribution in [1.82, 2.24) is 40.4 Å². The molecular weight excluding hydrogens is 936 g/mol. The third-order valence-electron chi connectivity index (χ3n) is 14.9.